The summed E-state index contributed by atoms with van der Waals surface area (Å²) < 4.78 is 1.16. The Morgan fingerprint density at radius 3 is 2.59 bits per heavy atom. The van der Waals surface area contributed by atoms with E-state index in [-0.39, 0.29) is 24.0 Å². The van der Waals surface area contributed by atoms with E-state index in [1.807, 2.05) is 36.4 Å². The molecule has 4 unspecified atom stereocenters. The number of aliphatic hydroxyl groups is 1. The molecule has 3 aromatic rings. The zero-order chi connectivity index (χ0) is 22.1. The van der Waals surface area contributed by atoms with Crippen molar-refractivity contribution in [2.75, 3.05) is 6.54 Å². The molecule has 1 aromatic heterocycles. The van der Waals surface area contributed by atoms with Crippen LogP contribution in [0.3, 0.4) is 0 Å². The maximum atomic E-state index is 14.3. The highest BCUT2D eigenvalue weighted by molar-refractivity contribution is 7.18. The molecule has 168 valence electrons. The molecular formula is C27H32N2O2S. The number of amides is 1. The lowest BCUT2D eigenvalue weighted by Crippen LogP contribution is -2.52. The van der Waals surface area contributed by atoms with Gasteiger partial charge in [0, 0.05) is 24.9 Å². The van der Waals surface area contributed by atoms with Crippen LogP contribution in [0.15, 0.2) is 54.6 Å². The maximum Gasteiger partial charge on any atom is 0.233 e. The van der Waals surface area contributed by atoms with E-state index in [4.69, 9.17) is 4.98 Å². The van der Waals surface area contributed by atoms with Gasteiger partial charge >= 0.3 is 0 Å². The minimum Gasteiger partial charge on any atom is -0.393 e. The largest absolute Gasteiger partial charge is 0.393 e. The lowest BCUT2D eigenvalue weighted by molar-refractivity contribution is -0.140. The Morgan fingerprint density at radius 1 is 1.06 bits per heavy atom. The van der Waals surface area contributed by atoms with Crippen LogP contribution in [0.5, 0.6) is 0 Å². The molecule has 2 heterocycles. The Kier molecular flexibility index (Phi) is 6.04. The van der Waals surface area contributed by atoms with Crippen molar-refractivity contribution in [2.45, 2.75) is 69.4 Å². The summed E-state index contributed by atoms with van der Waals surface area (Å²) in [5.74, 6) is 0.390. The Bertz CT molecular complexity index is 1050. The van der Waals surface area contributed by atoms with E-state index < -0.39 is 5.41 Å². The molecule has 2 fully saturated rings. The first-order valence-electron chi connectivity index (χ1n) is 12.0. The van der Waals surface area contributed by atoms with Crippen LogP contribution < -0.4 is 0 Å². The third-order valence-corrected chi connectivity index (χ3v) is 8.60. The number of benzene rings is 2. The van der Waals surface area contributed by atoms with Crippen LogP contribution in [0.1, 0.15) is 56.0 Å². The molecule has 4 atom stereocenters. The topological polar surface area (TPSA) is 53.4 Å². The molecule has 0 radical (unpaired) electrons. The van der Waals surface area contributed by atoms with Gasteiger partial charge in [-0.25, -0.2) is 4.98 Å². The van der Waals surface area contributed by atoms with Gasteiger partial charge in [0.15, 0.2) is 0 Å². The molecule has 1 amide bonds. The molecule has 5 heteroatoms. The predicted molar refractivity (Wildman–Crippen MR) is 130 cm³/mol. The molecule has 1 aliphatic heterocycles. The molecule has 1 saturated heterocycles. The van der Waals surface area contributed by atoms with E-state index in [9.17, 15) is 9.90 Å². The zero-order valence-corrected chi connectivity index (χ0v) is 19.6. The lowest BCUT2D eigenvalue weighted by Gasteiger charge is -2.41. The van der Waals surface area contributed by atoms with Crippen LogP contribution in [-0.4, -0.2) is 39.6 Å². The van der Waals surface area contributed by atoms with Crippen LogP contribution in [0.25, 0.3) is 10.2 Å². The highest BCUT2D eigenvalue weighted by atomic mass is 32.1. The van der Waals surface area contributed by atoms with Gasteiger partial charge in [-0.15, -0.1) is 11.3 Å². The maximum absolute atomic E-state index is 14.3. The molecule has 1 aliphatic carbocycles. The van der Waals surface area contributed by atoms with Crippen molar-refractivity contribution in [2.24, 2.45) is 5.92 Å². The SMILES string of the molecule is CC(Cc1nc2ccccc2s1)(C(=O)N1CCCC1C1CCCCC1O)c1ccccc1. The molecule has 2 aromatic carbocycles. The molecule has 0 bridgehead atoms. The second-order valence-electron chi connectivity index (χ2n) is 9.67. The fourth-order valence-electron chi connectivity index (χ4n) is 5.80. The normalized spacial score (nSPS) is 25.7. The smallest absolute Gasteiger partial charge is 0.233 e. The average Bonchev–Trinajstić information content (AvgIpc) is 3.46. The van der Waals surface area contributed by atoms with Gasteiger partial charge in [-0.2, -0.15) is 0 Å². The van der Waals surface area contributed by atoms with Crippen molar-refractivity contribution in [3.8, 4) is 0 Å². The first-order chi connectivity index (χ1) is 15.6. The van der Waals surface area contributed by atoms with Gasteiger partial charge in [-0.05, 0) is 50.3 Å². The molecular weight excluding hydrogens is 416 g/mol. The fourth-order valence-corrected chi connectivity index (χ4v) is 6.92. The van der Waals surface area contributed by atoms with Crippen LogP contribution in [-0.2, 0) is 16.6 Å². The summed E-state index contributed by atoms with van der Waals surface area (Å²) in [6.07, 6.45) is 6.46. The van der Waals surface area contributed by atoms with E-state index in [1.54, 1.807) is 11.3 Å². The van der Waals surface area contributed by atoms with Gasteiger partial charge < -0.3 is 10.0 Å². The number of nitrogens with zero attached hydrogens (tertiary/aromatic N) is 2. The fraction of sp³-hybridized carbons (Fsp3) is 0.481. The van der Waals surface area contributed by atoms with Crippen molar-refractivity contribution in [3.05, 3.63) is 65.2 Å². The average molecular weight is 449 g/mol. The van der Waals surface area contributed by atoms with Crippen LogP contribution in [0.4, 0.5) is 0 Å². The molecule has 2 aliphatic rings. The van der Waals surface area contributed by atoms with E-state index in [0.29, 0.717) is 6.42 Å². The van der Waals surface area contributed by atoms with Gasteiger partial charge in [0.25, 0.3) is 0 Å². The minimum atomic E-state index is -0.683. The van der Waals surface area contributed by atoms with Crippen molar-refractivity contribution < 1.29 is 9.90 Å². The Morgan fingerprint density at radius 2 is 1.81 bits per heavy atom. The quantitative estimate of drug-likeness (QED) is 0.573. The minimum absolute atomic E-state index is 0.149. The molecule has 0 spiro atoms. The summed E-state index contributed by atoms with van der Waals surface area (Å²) in [5.41, 5.74) is 1.36. The predicted octanol–water partition coefficient (Wildman–Crippen LogP) is 5.34. The molecule has 4 nitrogen and oxygen atoms in total. The van der Waals surface area contributed by atoms with Gasteiger partial charge in [0.2, 0.25) is 5.91 Å². The second kappa shape index (κ2) is 8.95. The summed E-state index contributed by atoms with van der Waals surface area (Å²) >= 11 is 1.69. The van der Waals surface area contributed by atoms with Crippen LogP contribution >= 0.6 is 11.3 Å². The standard InChI is InChI=1S/C27H32N2O2S/c1-27(19-10-3-2-4-11-19,18-25-28-21-13-6-8-16-24(21)32-25)26(31)29-17-9-14-22(29)20-12-5-7-15-23(20)30/h2-4,6,8,10-11,13,16,20,22-23,30H,5,7,9,12,14-15,17-18H2,1H3. The Balaban J connectivity index is 1.49. The van der Waals surface area contributed by atoms with Gasteiger partial charge in [0.1, 0.15) is 0 Å². The van der Waals surface area contributed by atoms with Crippen LogP contribution in [0.2, 0.25) is 0 Å². The number of carbonyl (C=O) groups is 1. The number of thiazole rings is 1. The number of rotatable bonds is 5. The first-order valence-corrected chi connectivity index (χ1v) is 12.8. The molecule has 1 saturated carbocycles. The number of carbonyl (C=O) groups excluding carboxylic acids is 1. The van der Waals surface area contributed by atoms with Crippen molar-refractivity contribution in [3.63, 3.8) is 0 Å². The van der Waals surface area contributed by atoms with Gasteiger partial charge in [0.05, 0.1) is 26.7 Å². The Hall–Kier alpha value is -2.24. The highest BCUT2D eigenvalue weighted by Gasteiger charge is 2.46. The molecule has 1 N–H and O–H groups in total. The summed E-state index contributed by atoms with van der Waals surface area (Å²) in [6.45, 7) is 2.87. The number of likely N-dealkylation sites (tertiary alicyclic amines) is 1. The van der Waals surface area contributed by atoms with E-state index in [1.165, 1.54) is 0 Å². The summed E-state index contributed by atoms with van der Waals surface area (Å²) in [7, 11) is 0. The number of hydrogen-bond acceptors (Lipinski definition) is 4. The zero-order valence-electron chi connectivity index (χ0n) is 18.7. The van der Waals surface area contributed by atoms with E-state index >= 15 is 0 Å². The summed E-state index contributed by atoms with van der Waals surface area (Å²) in [4.78, 5) is 21.2. The summed E-state index contributed by atoms with van der Waals surface area (Å²) in [5, 5.41) is 11.7. The second-order valence-corrected chi connectivity index (χ2v) is 10.8. The van der Waals surface area contributed by atoms with E-state index in [2.05, 4.69) is 30.0 Å². The van der Waals surface area contributed by atoms with Crippen molar-refractivity contribution in [1.29, 1.82) is 0 Å². The van der Waals surface area contributed by atoms with Crippen molar-refractivity contribution >= 4 is 27.5 Å². The number of aromatic nitrogens is 1. The number of hydrogen-bond donors (Lipinski definition) is 1. The molecule has 32 heavy (non-hydrogen) atoms. The molecule has 5 rings (SSSR count). The third-order valence-electron chi connectivity index (χ3n) is 7.56. The lowest BCUT2D eigenvalue weighted by atomic mass is 9.76. The van der Waals surface area contributed by atoms with Crippen LogP contribution in [0, 0.1) is 5.92 Å². The highest BCUT2D eigenvalue weighted by Crippen LogP contribution is 2.39. The number of aliphatic hydroxyl groups excluding tert-OH is 1. The number of para-hydroxylation sites is 1. The first kappa shape index (κ1) is 21.6. The van der Waals surface area contributed by atoms with Crippen molar-refractivity contribution in [1.82, 2.24) is 9.88 Å². The van der Waals surface area contributed by atoms with E-state index in [0.717, 1.165) is 65.9 Å². The van der Waals surface area contributed by atoms with Gasteiger partial charge in [-0.1, -0.05) is 55.3 Å². The monoisotopic (exact) mass is 448 g/mol. The Labute approximate surface area is 194 Å². The van der Waals surface area contributed by atoms with Gasteiger partial charge in [-0.3, -0.25) is 4.79 Å². The summed E-state index contributed by atoms with van der Waals surface area (Å²) in [6, 6.07) is 18.5. The number of fused-ring (bicyclic) bond motifs is 1. The third kappa shape index (κ3) is 3.97.